The summed E-state index contributed by atoms with van der Waals surface area (Å²) < 4.78 is 20.7. The van der Waals surface area contributed by atoms with Crippen molar-refractivity contribution in [2.75, 3.05) is 32.2 Å². The molecule has 0 aromatic carbocycles. The minimum absolute atomic E-state index is 0.259. The van der Waals surface area contributed by atoms with Gasteiger partial charge in [0.25, 0.3) is 0 Å². The van der Waals surface area contributed by atoms with Gasteiger partial charge in [-0.05, 0) is 25.8 Å². The van der Waals surface area contributed by atoms with Crippen molar-refractivity contribution in [3.63, 3.8) is 0 Å². The van der Waals surface area contributed by atoms with E-state index in [0.717, 1.165) is 42.8 Å². The largest absolute Gasteiger partial charge is 0.480 e. The summed E-state index contributed by atoms with van der Waals surface area (Å²) in [5.74, 6) is 1.65. The SMILES string of the molecule is CCOc1nc(Nc2cnn(C3CCOCC3)c2OC)nc2c1ccn2SI. The zero-order valence-corrected chi connectivity index (χ0v) is 18.6. The lowest BCUT2D eigenvalue weighted by Crippen LogP contribution is -2.21. The molecule has 1 aliphatic heterocycles. The van der Waals surface area contributed by atoms with Crippen LogP contribution in [0.4, 0.5) is 11.6 Å². The first-order chi connectivity index (χ1) is 13.7. The summed E-state index contributed by atoms with van der Waals surface area (Å²) in [5.41, 5.74) is 1.51. The van der Waals surface area contributed by atoms with Crippen LogP contribution in [0.25, 0.3) is 11.0 Å². The van der Waals surface area contributed by atoms with Gasteiger partial charge in [-0.15, -0.1) is 0 Å². The van der Waals surface area contributed by atoms with Crippen molar-refractivity contribution in [2.45, 2.75) is 25.8 Å². The van der Waals surface area contributed by atoms with Crippen LogP contribution in [-0.4, -0.2) is 50.7 Å². The molecule has 0 amide bonds. The van der Waals surface area contributed by atoms with Crippen LogP contribution in [-0.2, 0) is 4.74 Å². The Morgan fingerprint density at radius 3 is 2.89 bits per heavy atom. The molecule has 9 nitrogen and oxygen atoms in total. The highest BCUT2D eigenvalue weighted by molar-refractivity contribution is 14.2. The number of nitrogens with zero attached hydrogens (tertiary/aromatic N) is 5. The fourth-order valence-corrected chi connectivity index (χ4v) is 4.54. The fraction of sp³-hybridized carbons (Fsp3) is 0.471. The quantitative estimate of drug-likeness (QED) is 0.472. The van der Waals surface area contributed by atoms with E-state index in [1.165, 1.54) is 9.12 Å². The number of ether oxygens (including phenoxy) is 3. The number of anilines is 2. The second-order valence-corrected chi connectivity index (χ2v) is 7.93. The molecule has 0 saturated carbocycles. The molecule has 0 bridgehead atoms. The van der Waals surface area contributed by atoms with Crippen molar-refractivity contribution in [1.29, 1.82) is 0 Å². The molecule has 0 spiro atoms. The third-order valence-corrected chi connectivity index (χ3v) is 6.27. The second kappa shape index (κ2) is 8.74. The molecule has 28 heavy (non-hydrogen) atoms. The van der Waals surface area contributed by atoms with Gasteiger partial charge in [0.05, 0.1) is 31.3 Å². The lowest BCUT2D eigenvalue weighted by atomic mass is 10.1. The van der Waals surface area contributed by atoms with Gasteiger partial charge < -0.3 is 19.5 Å². The Hall–Kier alpha value is -1.73. The van der Waals surface area contributed by atoms with Gasteiger partial charge in [0.2, 0.25) is 17.7 Å². The molecule has 1 aliphatic rings. The van der Waals surface area contributed by atoms with Crippen LogP contribution in [0.2, 0.25) is 0 Å². The summed E-state index contributed by atoms with van der Waals surface area (Å²) in [6.45, 7) is 3.93. The first-order valence-corrected chi connectivity index (χ1v) is 12.3. The molecule has 0 aliphatic carbocycles. The van der Waals surface area contributed by atoms with Gasteiger partial charge in [0.15, 0.2) is 5.65 Å². The van der Waals surface area contributed by atoms with Crippen molar-refractivity contribution in [3.05, 3.63) is 18.5 Å². The number of methoxy groups -OCH3 is 1. The van der Waals surface area contributed by atoms with Crippen LogP contribution in [0.3, 0.4) is 0 Å². The van der Waals surface area contributed by atoms with Crippen molar-refractivity contribution in [1.82, 2.24) is 23.7 Å². The van der Waals surface area contributed by atoms with Gasteiger partial charge in [-0.25, -0.2) is 4.68 Å². The molecule has 4 heterocycles. The standard InChI is InChI=1S/C17H21IN6O3S/c1-3-27-15-12-4-7-23(28-18)14(12)21-17(22-15)20-13-10-19-24(16(13)25-2)11-5-8-26-9-6-11/h4,7,10-11H,3,5-6,8-9H2,1-2H3,(H,20,21,22). The molecular formula is C17H21IN6O3S. The summed E-state index contributed by atoms with van der Waals surface area (Å²) in [6.07, 6.45) is 5.52. The zero-order valence-electron chi connectivity index (χ0n) is 15.6. The average Bonchev–Trinajstić information content (AvgIpc) is 3.32. The van der Waals surface area contributed by atoms with Crippen molar-refractivity contribution in [2.24, 2.45) is 0 Å². The van der Waals surface area contributed by atoms with Crippen molar-refractivity contribution < 1.29 is 14.2 Å². The van der Waals surface area contributed by atoms with Crippen LogP contribution in [0.5, 0.6) is 11.8 Å². The Kier molecular flexibility index (Phi) is 6.11. The Morgan fingerprint density at radius 2 is 2.18 bits per heavy atom. The molecule has 3 aromatic heterocycles. The Bertz CT molecular complexity index is 956. The maximum atomic E-state index is 5.73. The second-order valence-electron chi connectivity index (χ2n) is 6.21. The minimum atomic E-state index is 0.259. The highest BCUT2D eigenvalue weighted by Crippen LogP contribution is 2.34. The van der Waals surface area contributed by atoms with Crippen LogP contribution in [0.15, 0.2) is 18.5 Å². The summed E-state index contributed by atoms with van der Waals surface area (Å²) >= 11 is 2.22. The summed E-state index contributed by atoms with van der Waals surface area (Å²) in [5, 5.41) is 8.65. The summed E-state index contributed by atoms with van der Waals surface area (Å²) in [4.78, 5) is 9.21. The van der Waals surface area contributed by atoms with E-state index >= 15 is 0 Å². The Balaban J connectivity index is 1.68. The van der Waals surface area contributed by atoms with Crippen LogP contribution in [0, 0.1) is 0 Å². The van der Waals surface area contributed by atoms with Crippen molar-refractivity contribution >= 4 is 53.0 Å². The van der Waals surface area contributed by atoms with Gasteiger partial charge >= 0.3 is 0 Å². The average molecular weight is 516 g/mol. The normalized spacial score (nSPS) is 15.1. The molecule has 0 radical (unpaired) electrons. The molecular weight excluding hydrogens is 495 g/mol. The molecule has 150 valence electrons. The number of hydrogen-bond donors (Lipinski definition) is 1. The van der Waals surface area contributed by atoms with E-state index in [9.17, 15) is 0 Å². The fourth-order valence-electron chi connectivity index (χ4n) is 3.27. The third kappa shape index (κ3) is 3.74. The number of rotatable bonds is 7. The van der Waals surface area contributed by atoms with Crippen LogP contribution in [0.1, 0.15) is 25.8 Å². The van der Waals surface area contributed by atoms with E-state index in [1.807, 2.05) is 27.8 Å². The molecule has 0 unspecified atom stereocenters. The lowest BCUT2D eigenvalue weighted by Gasteiger charge is -2.23. The Labute approximate surface area is 178 Å². The van der Waals surface area contributed by atoms with Gasteiger partial charge in [-0.2, -0.15) is 15.1 Å². The molecule has 1 fully saturated rings. The first-order valence-electron chi connectivity index (χ1n) is 9.02. The highest BCUT2D eigenvalue weighted by Gasteiger charge is 2.23. The number of aromatic nitrogens is 5. The van der Waals surface area contributed by atoms with E-state index in [1.54, 1.807) is 13.3 Å². The topological polar surface area (TPSA) is 88.2 Å². The lowest BCUT2D eigenvalue weighted by molar-refractivity contribution is 0.0638. The maximum absolute atomic E-state index is 5.73. The van der Waals surface area contributed by atoms with Gasteiger partial charge in [0.1, 0.15) is 5.69 Å². The number of hydrogen-bond acceptors (Lipinski definition) is 8. The zero-order chi connectivity index (χ0) is 19.5. The summed E-state index contributed by atoms with van der Waals surface area (Å²) in [7, 11) is 3.18. The number of nitrogens with one attached hydrogen (secondary N) is 1. The number of fused-ring (bicyclic) bond motifs is 1. The van der Waals surface area contributed by atoms with E-state index < -0.39 is 0 Å². The summed E-state index contributed by atoms with van der Waals surface area (Å²) in [6, 6.07) is 2.22. The predicted molar refractivity (Wildman–Crippen MR) is 117 cm³/mol. The molecule has 1 N–H and O–H groups in total. The van der Waals surface area contributed by atoms with Crippen molar-refractivity contribution in [3.8, 4) is 11.8 Å². The van der Waals surface area contributed by atoms with Crippen LogP contribution < -0.4 is 14.8 Å². The molecule has 0 atom stereocenters. The van der Waals surface area contributed by atoms with E-state index in [0.29, 0.717) is 24.3 Å². The monoisotopic (exact) mass is 516 g/mol. The smallest absolute Gasteiger partial charge is 0.236 e. The molecule has 11 heteroatoms. The third-order valence-electron chi connectivity index (χ3n) is 4.56. The highest BCUT2D eigenvalue weighted by atomic mass is 127. The Morgan fingerprint density at radius 1 is 1.36 bits per heavy atom. The van der Waals surface area contributed by atoms with Gasteiger partial charge in [0, 0.05) is 49.7 Å². The minimum Gasteiger partial charge on any atom is -0.480 e. The molecule has 1 saturated heterocycles. The first kappa shape index (κ1) is 19.6. The van der Waals surface area contributed by atoms with Crippen LogP contribution >= 0.6 is 30.3 Å². The molecule has 3 aromatic rings. The maximum Gasteiger partial charge on any atom is 0.236 e. The van der Waals surface area contributed by atoms with Gasteiger partial charge in [-0.3, -0.25) is 3.97 Å². The van der Waals surface area contributed by atoms with E-state index in [2.05, 4.69) is 41.6 Å². The predicted octanol–water partition coefficient (Wildman–Crippen LogP) is 3.98. The van der Waals surface area contributed by atoms with E-state index in [-0.39, 0.29) is 6.04 Å². The van der Waals surface area contributed by atoms with E-state index in [4.69, 9.17) is 14.2 Å². The number of halogens is 1. The molecule has 4 rings (SSSR count). The van der Waals surface area contributed by atoms with Gasteiger partial charge in [-0.1, -0.05) is 0 Å².